The van der Waals surface area contributed by atoms with E-state index in [2.05, 4.69) is 0 Å². The lowest BCUT2D eigenvalue weighted by molar-refractivity contribution is -0.339. The van der Waals surface area contributed by atoms with Crippen LogP contribution in [0.25, 0.3) is 0 Å². The molecule has 1 saturated carbocycles. The average Bonchev–Trinajstić information content (AvgIpc) is 2.54. The Kier molecular flexibility index (Phi) is 5.92. The predicted octanol–water partition coefficient (Wildman–Crippen LogP) is -6.01. The Hall–Kier alpha value is -0.440. The van der Waals surface area contributed by atoms with E-state index >= 15 is 0 Å². The van der Waals surface area contributed by atoms with Crippen molar-refractivity contribution in [1.29, 1.82) is 0 Å². The van der Waals surface area contributed by atoms with Crippen LogP contribution in [0.15, 0.2) is 0 Å². The first-order chi connectivity index (χ1) is 10.7. The molecule has 11 heteroatoms. The third-order valence-electron chi connectivity index (χ3n) is 4.21. The molecule has 0 amide bonds. The fourth-order valence-electron chi connectivity index (χ4n) is 2.69. The summed E-state index contributed by atoms with van der Waals surface area (Å²) in [5.41, 5.74) is 0. The van der Waals surface area contributed by atoms with Gasteiger partial charge >= 0.3 is 0 Å². The van der Waals surface area contributed by atoms with Crippen LogP contribution in [-0.2, 0) is 9.47 Å². The van der Waals surface area contributed by atoms with Crippen molar-refractivity contribution in [3.8, 4) is 0 Å². The van der Waals surface area contributed by atoms with Gasteiger partial charge in [-0.25, -0.2) is 0 Å². The number of aliphatic hydroxyl groups excluding tert-OH is 9. The quantitative estimate of drug-likeness (QED) is 0.236. The molecule has 0 aromatic rings. The lowest BCUT2D eigenvalue weighted by Crippen LogP contribution is -2.67. The van der Waals surface area contributed by atoms with Crippen molar-refractivity contribution in [2.45, 2.75) is 67.3 Å². The van der Waals surface area contributed by atoms with E-state index in [4.69, 9.17) is 14.6 Å². The second-order valence-corrected chi connectivity index (χ2v) is 5.75. The van der Waals surface area contributed by atoms with E-state index in [1.807, 2.05) is 0 Å². The topological polar surface area (TPSA) is 201 Å². The number of ether oxygens (including phenoxy) is 2. The van der Waals surface area contributed by atoms with Gasteiger partial charge in [-0.3, -0.25) is 0 Å². The second kappa shape index (κ2) is 7.21. The summed E-state index contributed by atoms with van der Waals surface area (Å²) >= 11 is 0. The van der Waals surface area contributed by atoms with Crippen molar-refractivity contribution < 1.29 is 55.4 Å². The lowest BCUT2D eigenvalue weighted by Gasteiger charge is -2.45. The van der Waals surface area contributed by atoms with Gasteiger partial charge in [0.05, 0.1) is 6.61 Å². The van der Waals surface area contributed by atoms with Crippen LogP contribution >= 0.6 is 0 Å². The van der Waals surface area contributed by atoms with Crippen LogP contribution in [0.2, 0.25) is 0 Å². The van der Waals surface area contributed by atoms with Crippen molar-refractivity contribution in [3.63, 3.8) is 0 Å². The first-order valence-electron chi connectivity index (χ1n) is 7.07. The lowest BCUT2D eigenvalue weighted by atomic mass is 9.84. The molecular weight excluding hydrogens is 320 g/mol. The van der Waals surface area contributed by atoms with E-state index < -0.39 is 73.9 Å². The highest BCUT2D eigenvalue weighted by Crippen LogP contribution is 2.29. The fourth-order valence-corrected chi connectivity index (χ4v) is 2.69. The molecule has 0 radical (unpaired) electrons. The monoisotopic (exact) mass is 342 g/mol. The third kappa shape index (κ3) is 3.36. The van der Waals surface area contributed by atoms with Gasteiger partial charge in [-0.15, -0.1) is 0 Å². The first-order valence-corrected chi connectivity index (χ1v) is 7.07. The number of rotatable bonds is 3. The minimum absolute atomic E-state index is 0.704. The second-order valence-electron chi connectivity index (χ2n) is 5.75. The van der Waals surface area contributed by atoms with E-state index in [1.165, 1.54) is 0 Å². The average molecular weight is 342 g/mol. The summed E-state index contributed by atoms with van der Waals surface area (Å²) in [6.45, 7) is -0.704. The minimum atomic E-state index is -1.83. The van der Waals surface area contributed by atoms with Gasteiger partial charge in [0.1, 0.15) is 61.0 Å². The van der Waals surface area contributed by atoms with Gasteiger partial charge in [-0.2, -0.15) is 0 Å². The Bertz CT molecular complexity index is 377. The molecule has 11 atom stereocenters. The van der Waals surface area contributed by atoms with Gasteiger partial charge in [0.15, 0.2) is 6.29 Å². The molecule has 0 bridgehead atoms. The Balaban J connectivity index is 2.13. The summed E-state index contributed by atoms with van der Waals surface area (Å²) in [6, 6.07) is 0. The summed E-state index contributed by atoms with van der Waals surface area (Å²) < 4.78 is 10.2. The van der Waals surface area contributed by atoms with Gasteiger partial charge in [0.2, 0.25) is 0 Å². The molecule has 0 spiro atoms. The Labute approximate surface area is 130 Å². The van der Waals surface area contributed by atoms with Crippen molar-refractivity contribution in [3.05, 3.63) is 0 Å². The molecule has 0 aromatic heterocycles. The van der Waals surface area contributed by atoms with E-state index in [1.54, 1.807) is 0 Å². The van der Waals surface area contributed by atoms with Crippen molar-refractivity contribution in [2.75, 3.05) is 6.61 Å². The van der Waals surface area contributed by atoms with Crippen LogP contribution in [0.1, 0.15) is 0 Å². The maximum absolute atomic E-state index is 9.85. The highest BCUT2D eigenvalue weighted by Gasteiger charge is 2.52. The molecule has 1 aliphatic carbocycles. The standard InChI is InChI=1S/C12H22O11/c13-1-2-3(14)4(15)10(21)12(22-2)23-11-8(19)6(17)5(16)7(18)9(11)20/h2-21H,1H2/t2-,3-,4+,5?,6-,7+,8+,9-,10-,11?,12-/m1/s1. The minimum Gasteiger partial charge on any atom is -0.394 e. The first kappa shape index (κ1) is 18.9. The molecule has 2 unspecified atom stereocenters. The summed E-state index contributed by atoms with van der Waals surface area (Å²) in [7, 11) is 0. The van der Waals surface area contributed by atoms with E-state index in [9.17, 15) is 40.9 Å². The van der Waals surface area contributed by atoms with Crippen LogP contribution in [0, 0.1) is 0 Å². The molecule has 1 saturated heterocycles. The van der Waals surface area contributed by atoms with Crippen LogP contribution in [-0.4, -0.2) is 120 Å². The number of hydrogen-bond acceptors (Lipinski definition) is 11. The molecule has 2 aliphatic rings. The predicted molar refractivity (Wildman–Crippen MR) is 68.7 cm³/mol. The van der Waals surface area contributed by atoms with Crippen LogP contribution < -0.4 is 0 Å². The Morgan fingerprint density at radius 2 is 1.04 bits per heavy atom. The highest BCUT2D eigenvalue weighted by atomic mass is 16.7. The molecule has 1 heterocycles. The molecule has 2 rings (SSSR count). The SMILES string of the molecule is OC[C@H]1O[C@H](OC2[C@@H](O)[C@H](O)C(O)[C@H](O)[C@H]2O)[C@H](O)[C@@H](O)[C@@H]1O. The van der Waals surface area contributed by atoms with Crippen LogP contribution in [0.3, 0.4) is 0 Å². The van der Waals surface area contributed by atoms with Crippen LogP contribution in [0.5, 0.6) is 0 Å². The zero-order valence-electron chi connectivity index (χ0n) is 11.9. The molecular formula is C12H22O11. The molecule has 1 aliphatic heterocycles. The van der Waals surface area contributed by atoms with Gasteiger partial charge < -0.3 is 55.4 Å². The maximum Gasteiger partial charge on any atom is 0.187 e. The van der Waals surface area contributed by atoms with Gasteiger partial charge in [0, 0.05) is 0 Å². The summed E-state index contributed by atoms with van der Waals surface area (Å²) in [5, 5.41) is 86.6. The van der Waals surface area contributed by atoms with Crippen LogP contribution in [0.4, 0.5) is 0 Å². The normalized spacial score (nSPS) is 54.9. The largest absolute Gasteiger partial charge is 0.394 e. The zero-order valence-corrected chi connectivity index (χ0v) is 11.9. The Morgan fingerprint density at radius 3 is 1.52 bits per heavy atom. The van der Waals surface area contributed by atoms with E-state index in [0.29, 0.717) is 0 Å². The smallest absolute Gasteiger partial charge is 0.187 e. The van der Waals surface area contributed by atoms with Gasteiger partial charge in [-0.05, 0) is 0 Å². The van der Waals surface area contributed by atoms with E-state index in [0.717, 1.165) is 0 Å². The molecule has 11 nitrogen and oxygen atoms in total. The third-order valence-corrected chi connectivity index (χ3v) is 4.21. The Morgan fingerprint density at radius 1 is 0.609 bits per heavy atom. The molecule has 136 valence electrons. The van der Waals surface area contributed by atoms with Gasteiger partial charge in [-0.1, -0.05) is 0 Å². The van der Waals surface area contributed by atoms with E-state index in [-0.39, 0.29) is 0 Å². The highest BCUT2D eigenvalue weighted by molar-refractivity contribution is 5.00. The summed E-state index contributed by atoms with van der Waals surface area (Å²) in [4.78, 5) is 0. The van der Waals surface area contributed by atoms with Gasteiger partial charge in [0.25, 0.3) is 0 Å². The molecule has 9 N–H and O–H groups in total. The summed E-state index contributed by atoms with van der Waals surface area (Å²) in [6.07, 6.45) is -18.9. The zero-order chi connectivity index (χ0) is 17.5. The van der Waals surface area contributed by atoms with Crippen molar-refractivity contribution in [2.24, 2.45) is 0 Å². The number of aliphatic hydroxyl groups is 9. The molecule has 23 heavy (non-hydrogen) atoms. The van der Waals surface area contributed by atoms with Crippen molar-refractivity contribution >= 4 is 0 Å². The summed E-state index contributed by atoms with van der Waals surface area (Å²) in [5.74, 6) is 0. The maximum atomic E-state index is 9.85. The molecule has 0 aromatic carbocycles. The molecule has 2 fully saturated rings. The fraction of sp³-hybridized carbons (Fsp3) is 1.00. The van der Waals surface area contributed by atoms with Crippen molar-refractivity contribution in [1.82, 2.24) is 0 Å². The number of hydrogen-bond donors (Lipinski definition) is 9.